The van der Waals surface area contributed by atoms with Crippen LogP contribution in [0, 0.1) is 5.82 Å². The number of hydrogen-bond acceptors (Lipinski definition) is 6. The van der Waals surface area contributed by atoms with Crippen LogP contribution < -0.4 is 14.8 Å². The highest BCUT2D eigenvalue weighted by Gasteiger charge is 2.20. The van der Waals surface area contributed by atoms with Crippen LogP contribution in [0.4, 0.5) is 4.39 Å². The summed E-state index contributed by atoms with van der Waals surface area (Å²) in [6, 6.07) is 32.6. The standard InChI is InChI=1S/C36H36FN3O3S/c1-42-33-18-17-27(22-34(33)43-2)19-20-40(23-29-15-9-10-16-30(29)37)24-35-38-32(25-44-35)36(41)39-31(28-13-7-4-8-14-28)21-26-11-5-3-6-12-26/h3-18,22,25,31H,19-21,23-24H2,1-2H3,(H,39,41)/t31-/m1/s1. The van der Waals surface area contributed by atoms with Crippen LogP contribution in [-0.2, 0) is 25.9 Å². The van der Waals surface area contributed by atoms with Gasteiger partial charge in [0.05, 0.1) is 26.8 Å². The lowest BCUT2D eigenvalue weighted by Gasteiger charge is -2.22. The Bertz CT molecular complexity index is 1650. The summed E-state index contributed by atoms with van der Waals surface area (Å²) < 4.78 is 25.5. The first kappa shape index (κ1) is 30.9. The Balaban J connectivity index is 1.30. The fourth-order valence-electron chi connectivity index (χ4n) is 5.10. The molecule has 5 aromatic rings. The van der Waals surface area contributed by atoms with E-state index in [4.69, 9.17) is 14.5 Å². The summed E-state index contributed by atoms with van der Waals surface area (Å²) in [4.78, 5) is 20.3. The van der Waals surface area contributed by atoms with Gasteiger partial charge in [-0.15, -0.1) is 11.3 Å². The van der Waals surface area contributed by atoms with Crippen molar-refractivity contribution in [2.24, 2.45) is 0 Å². The number of hydrogen-bond donors (Lipinski definition) is 1. The minimum atomic E-state index is -0.242. The molecule has 1 aromatic heterocycles. The third-order valence-corrected chi connectivity index (χ3v) is 8.28. The van der Waals surface area contributed by atoms with Gasteiger partial charge in [0.1, 0.15) is 16.5 Å². The third-order valence-electron chi connectivity index (χ3n) is 7.45. The van der Waals surface area contributed by atoms with Crippen molar-refractivity contribution in [2.75, 3.05) is 20.8 Å². The highest BCUT2D eigenvalue weighted by Crippen LogP contribution is 2.28. The first-order valence-electron chi connectivity index (χ1n) is 14.5. The number of nitrogens with zero attached hydrogens (tertiary/aromatic N) is 2. The fraction of sp³-hybridized carbons (Fsp3) is 0.222. The van der Waals surface area contributed by atoms with Crippen molar-refractivity contribution in [3.63, 3.8) is 0 Å². The molecule has 0 aliphatic carbocycles. The predicted molar refractivity (Wildman–Crippen MR) is 173 cm³/mol. The minimum Gasteiger partial charge on any atom is -0.493 e. The molecule has 0 unspecified atom stereocenters. The Kier molecular flexibility index (Phi) is 10.7. The zero-order valence-corrected chi connectivity index (χ0v) is 25.7. The van der Waals surface area contributed by atoms with Crippen molar-refractivity contribution in [1.29, 1.82) is 0 Å². The van der Waals surface area contributed by atoms with Gasteiger partial charge in [0, 0.05) is 24.0 Å². The normalized spacial score (nSPS) is 11.7. The fourth-order valence-corrected chi connectivity index (χ4v) is 5.92. The van der Waals surface area contributed by atoms with Crippen LogP contribution in [0.15, 0.2) is 109 Å². The molecule has 1 heterocycles. The van der Waals surface area contributed by atoms with Crippen molar-refractivity contribution in [2.45, 2.75) is 32.0 Å². The van der Waals surface area contributed by atoms with Crippen LogP contribution in [0.25, 0.3) is 0 Å². The number of nitrogens with one attached hydrogen (secondary N) is 1. The summed E-state index contributed by atoms with van der Waals surface area (Å²) in [6.45, 7) is 1.54. The van der Waals surface area contributed by atoms with E-state index in [1.165, 1.54) is 17.4 Å². The molecule has 0 saturated carbocycles. The summed E-state index contributed by atoms with van der Waals surface area (Å²) in [5, 5.41) is 5.79. The van der Waals surface area contributed by atoms with E-state index in [2.05, 4.69) is 22.3 Å². The van der Waals surface area contributed by atoms with Gasteiger partial charge in [-0.05, 0) is 47.7 Å². The number of rotatable bonds is 14. The van der Waals surface area contributed by atoms with Gasteiger partial charge in [0.2, 0.25) is 0 Å². The number of ether oxygens (including phenoxy) is 2. The number of amides is 1. The largest absolute Gasteiger partial charge is 0.493 e. The van der Waals surface area contributed by atoms with E-state index in [-0.39, 0.29) is 17.8 Å². The number of aromatic nitrogens is 1. The first-order valence-corrected chi connectivity index (χ1v) is 15.4. The van der Waals surface area contributed by atoms with Gasteiger partial charge < -0.3 is 14.8 Å². The van der Waals surface area contributed by atoms with Crippen LogP contribution in [-0.4, -0.2) is 36.6 Å². The SMILES string of the molecule is COc1ccc(CCN(Cc2nc(C(=O)N[C@H](Cc3ccccc3)c3ccccc3)cs2)Cc2ccccc2F)cc1OC. The summed E-state index contributed by atoms with van der Waals surface area (Å²) >= 11 is 1.44. The molecule has 0 spiro atoms. The first-order chi connectivity index (χ1) is 21.5. The van der Waals surface area contributed by atoms with Crippen LogP contribution in [0.1, 0.15) is 43.8 Å². The van der Waals surface area contributed by atoms with E-state index in [9.17, 15) is 9.18 Å². The quantitative estimate of drug-likeness (QED) is 0.144. The Morgan fingerprint density at radius 2 is 1.57 bits per heavy atom. The molecule has 4 aromatic carbocycles. The lowest BCUT2D eigenvalue weighted by Crippen LogP contribution is -2.30. The van der Waals surface area contributed by atoms with Crippen LogP contribution in [0.5, 0.6) is 11.5 Å². The summed E-state index contributed by atoms with van der Waals surface area (Å²) in [5.41, 5.74) is 4.24. The number of benzene rings is 4. The topological polar surface area (TPSA) is 63.7 Å². The highest BCUT2D eigenvalue weighted by molar-refractivity contribution is 7.09. The predicted octanol–water partition coefficient (Wildman–Crippen LogP) is 7.26. The van der Waals surface area contributed by atoms with Gasteiger partial charge >= 0.3 is 0 Å². The van der Waals surface area contributed by atoms with Gasteiger partial charge in [-0.2, -0.15) is 0 Å². The summed E-state index contributed by atoms with van der Waals surface area (Å²) in [5.74, 6) is 0.880. The second kappa shape index (κ2) is 15.3. The maximum Gasteiger partial charge on any atom is 0.271 e. The van der Waals surface area contributed by atoms with Crippen molar-refractivity contribution >= 4 is 17.2 Å². The molecule has 0 fully saturated rings. The number of halogens is 1. The van der Waals surface area contributed by atoms with E-state index in [0.717, 1.165) is 21.7 Å². The molecule has 1 amide bonds. The second-order valence-corrected chi connectivity index (χ2v) is 11.4. The molecule has 226 valence electrons. The number of thiazole rings is 1. The average Bonchev–Trinajstić information content (AvgIpc) is 3.53. The lowest BCUT2D eigenvalue weighted by atomic mass is 9.99. The van der Waals surface area contributed by atoms with Crippen LogP contribution >= 0.6 is 11.3 Å². The van der Waals surface area contributed by atoms with Crippen molar-refractivity contribution < 1.29 is 18.7 Å². The highest BCUT2D eigenvalue weighted by atomic mass is 32.1. The Hall–Kier alpha value is -4.53. The second-order valence-electron chi connectivity index (χ2n) is 10.5. The molecule has 0 bridgehead atoms. The molecule has 1 N–H and O–H groups in total. The molecule has 0 aliphatic heterocycles. The van der Waals surface area contributed by atoms with Gasteiger partial charge in [0.15, 0.2) is 11.5 Å². The molecule has 6 nitrogen and oxygen atoms in total. The summed E-state index contributed by atoms with van der Waals surface area (Å²) in [6.07, 6.45) is 1.38. The maximum atomic E-state index is 14.6. The molecule has 5 rings (SSSR count). The van der Waals surface area contributed by atoms with Crippen molar-refractivity contribution in [3.8, 4) is 11.5 Å². The van der Waals surface area contributed by atoms with Crippen LogP contribution in [0.3, 0.4) is 0 Å². The maximum absolute atomic E-state index is 14.6. The molecule has 0 aliphatic rings. The van der Waals surface area contributed by atoms with Crippen molar-refractivity contribution in [1.82, 2.24) is 15.2 Å². The van der Waals surface area contributed by atoms with E-state index < -0.39 is 0 Å². The van der Waals surface area contributed by atoms with E-state index in [1.54, 1.807) is 31.7 Å². The molecular weight excluding hydrogens is 573 g/mol. The monoisotopic (exact) mass is 609 g/mol. The zero-order valence-electron chi connectivity index (χ0n) is 24.9. The third kappa shape index (κ3) is 8.30. The minimum absolute atomic E-state index is 0.199. The van der Waals surface area contributed by atoms with E-state index in [0.29, 0.717) is 55.2 Å². The van der Waals surface area contributed by atoms with Gasteiger partial charge in [-0.25, -0.2) is 9.37 Å². The Labute approximate surface area is 262 Å². The number of carbonyl (C=O) groups is 1. The van der Waals surface area contributed by atoms with Gasteiger partial charge in [0.25, 0.3) is 5.91 Å². The zero-order chi connectivity index (χ0) is 30.7. The molecule has 0 radical (unpaired) electrons. The number of carbonyl (C=O) groups excluding carboxylic acids is 1. The molecule has 44 heavy (non-hydrogen) atoms. The van der Waals surface area contributed by atoms with Gasteiger partial charge in [-0.1, -0.05) is 84.9 Å². The van der Waals surface area contributed by atoms with E-state index >= 15 is 0 Å². The van der Waals surface area contributed by atoms with Crippen LogP contribution in [0.2, 0.25) is 0 Å². The van der Waals surface area contributed by atoms with Gasteiger partial charge in [-0.3, -0.25) is 9.69 Å². The van der Waals surface area contributed by atoms with E-state index in [1.807, 2.05) is 72.8 Å². The van der Waals surface area contributed by atoms with Crippen molar-refractivity contribution in [3.05, 3.63) is 147 Å². The molecular formula is C36H36FN3O3S. The Morgan fingerprint density at radius 1 is 0.864 bits per heavy atom. The average molecular weight is 610 g/mol. The Morgan fingerprint density at radius 3 is 2.30 bits per heavy atom. The number of methoxy groups -OCH3 is 2. The smallest absolute Gasteiger partial charge is 0.271 e. The molecule has 0 saturated heterocycles. The lowest BCUT2D eigenvalue weighted by molar-refractivity contribution is 0.0931. The molecule has 8 heteroatoms. The molecule has 1 atom stereocenters. The summed E-state index contributed by atoms with van der Waals surface area (Å²) in [7, 11) is 3.23.